The van der Waals surface area contributed by atoms with Crippen LogP contribution in [0, 0.1) is 0 Å². The zero-order valence-corrected chi connectivity index (χ0v) is 25.5. The molecule has 0 radical (unpaired) electrons. The van der Waals surface area contributed by atoms with Crippen LogP contribution in [0.25, 0.3) is 58.2 Å². The van der Waals surface area contributed by atoms with Crippen LogP contribution >= 0.6 is 0 Å². The summed E-state index contributed by atoms with van der Waals surface area (Å²) in [5.74, 6) is 1.45. The van der Waals surface area contributed by atoms with E-state index in [1.165, 1.54) is 11.1 Å². The normalized spacial score (nSPS) is 11.3. The van der Waals surface area contributed by atoms with Crippen molar-refractivity contribution < 1.29 is 4.74 Å². The molecule has 6 aromatic rings. The second-order valence-corrected chi connectivity index (χ2v) is 10.9. The lowest BCUT2D eigenvalue weighted by Gasteiger charge is -2.13. The van der Waals surface area contributed by atoms with Gasteiger partial charge in [0.2, 0.25) is 0 Å². The Morgan fingerprint density at radius 2 is 0.956 bits per heavy atom. The Bertz CT molecular complexity index is 1760. The molecule has 45 heavy (non-hydrogen) atoms. The lowest BCUT2D eigenvalue weighted by Crippen LogP contribution is -2.01. The molecule has 0 unspecified atom stereocenters. The molecule has 0 aliphatic rings. The van der Waals surface area contributed by atoms with Crippen LogP contribution in [0.1, 0.15) is 42.0 Å². The summed E-state index contributed by atoms with van der Waals surface area (Å²) in [6.45, 7) is 2.83. The molecule has 0 spiro atoms. The molecular weight excluding hydrogens is 548 g/mol. The number of unbranched alkanes of at least 4 members (excludes halogenated alkanes) is 1. The minimum absolute atomic E-state index is 0.649. The number of nitrogens with zero attached hydrogens (tertiary/aromatic N) is 2. The fraction of sp³-hybridized carbons (Fsp3) is 0.0952. The van der Waals surface area contributed by atoms with Gasteiger partial charge >= 0.3 is 0 Å². The van der Waals surface area contributed by atoms with E-state index < -0.39 is 0 Å². The lowest BCUT2D eigenvalue weighted by molar-refractivity contribution is 0.310. The van der Waals surface area contributed by atoms with Gasteiger partial charge in [0, 0.05) is 11.1 Å². The zero-order valence-electron chi connectivity index (χ0n) is 25.5. The van der Waals surface area contributed by atoms with Gasteiger partial charge in [0.25, 0.3) is 0 Å². The van der Waals surface area contributed by atoms with E-state index in [-0.39, 0.29) is 0 Å². The molecule has 3 heteroatoms. The largest absolute Gasteiger partial charge is 0.493 e. The highest BCUT2D eigenvalue weighted by atomic mass is 16.5. The van der Waals surface area contributed by atoms with Crippen LogP contribution in [0.3, 0.4) is 0 Å². The van der Waals surface area contributed by atoms with Gasteiger partial charge in [-0.1, -0.05) is 159 Å². The van der Waals surface area contributed by atoms with Crippen molar-refractivity contribution in [2.45, 2.75) is 19.8 Å². The summed E-state index contributed by atoms with van der Waals surface area (Å²) in [5.41, 5.74) is 9.29. The first-order chi connectivity index (χ1) is 22.2. The second kappa shape index (κ2) is 14.8. The molecule has 0 aliphatic heterocycles. The summed E-state index contributed by atoms with van der Waals surface area (Å²) in [6, 6.07) is 47.8. The molecule has 5 aromatic carbocycles. The van der Waals surface area contributed by atoms with Gasteiger partial charge < -0.3 is 4.74 Å². The van der Waals surface area contributed by atoms with E-state index in [1.54, 1.807) is 0 Å². The predicted molar refractivity (Wildman–Crippen MR) is 189 cm³/mol. The third-order valence-corrected chi connectivity index (χ3v) is 7.56. The van der Waals surface area contributed by atoms with Gasteiger partial charge in [-0.05, 0) is 46.9 Å². The average Bonchev–Trinajstić information content (AvgIpc) is 3.11. The number of aromatic nitrogens is 2. The number of rotatable bonds is 11. The molecule has 0 saturated carbocycles. The zero-order chi connectivity index (χ0) is 30.7. The smallest absolute Gasteiger partial charge is 0.164 e. The molecular formula is C42H36N2O. The third-order valence-electron chi connectivity index (χ3n) is 7.56. The molecule has 0 N–H and O–H groups in total. The molecule has 3 nitrogen and oxygen atoms in total. The van der Waals surface area contributed by atoms with Crippen LogP contribution in [-0.2, 0) is 0 Å². The molecule has 6 rings (SSSR count). The Hall–Kier alpha value is -5.54. The molecule has 0 atom stereocenters. The van der Waals surface area contributed by atoms with Gasteiger partial charge in [0.05, 0.1) is 23.6 Å². The molecule has 1 heterocycles. The van der Waals surface area contributed by atoms with Crippen molar-refractivity contribution in [3.63, 3.8) is 0 Å². The quantitative estimate of drug-likeness (QED) is 0.112. The molecule has 1 aromatic heterocycles. The van der Waals surface area contributed by atoms with Crippen LogP contribution in [0.15, 0.2) is 140 Å². The van der Waals surface area contributed by atoms with Gasteiger partial charge in [-0.3, -0.25) is 0 Å². The van der Waals surface area contributed by atoms with Crippen molar-refractivity contribution in [1.82, 2.24) is 9.97 Å². The van der Waals surface area contributed by atoms with E-state index in [0.717, 1.165) is 57.8 Å². The molecule has 0 fully saturated rings. The minimum Gasteiger partial charge on any atom is -0.493 e. The highest BCUT2D eigenvalue weighted by molar-refractivity contribution is 5.77. The van der Waals surface area contributed by atoms with Gasteiger partial charge in [0.15, 0.2) is 5.82 Å². The standard InChI is InChI=1S/C42H36N2O/c1-2-3-30-45-41-17-11-10-16-38(41)42-43-39(36-26-22-34(23-27-36)20-18-32-12-6-4-7-13-32)31-40(44-42)37-28-24-35(25-29-37)21-19-33-14-8-5-9-15-33/h4-29,31H,2-3,30H2,1H3/b20-18+,21-19+. The van der Waals surface area contributed by atoms with Gasteiger partial charge in [-0.15, -0.1) is 0 Å². The Morgan fingerprint density at radius 3 is 1.44 bits per heavy atom. The SMILES string of the molecule is CCCCOc1ccccc1-c1nc(-c2ccc(/C=C/c3ccccc3)cc2)cc(-c2ccc(/C=C/c3ccccc3)cc2)n1. The summed E-state index contributed by atoms with van der Waals surface area (Å²) < 4.78 is 6.19. The van der Waals surface area contributed by atoms with Crippen molar-refractivity contribution in [2.75, 3.05) is 6.61 Å². The average molecular weight is 585 g/mol. The summed E-state index contributed by atoms with van der Waals surface area (Å²) in [7, 11) is 0. The summed E-state index contributed by atoms with van der Waals surface area (Å²) >= 11 is 0. The van der Waals surface area contributed by atoms with E-state index in [9.17, 15) is 0 Å². The Kier molecular flexibility index (Phi) is 9.69. The van der Waals surface area contributed by atoms with Gasteiger partial charge in [-0.2, -0.15) is 0 Å². The van der Waals surface area contributed by atoms with Crippen LogP contribution in [0.2, 0.25) is 0 Å². The van der Waals surface area contributed by atoms with Crippen molar-refractivity contribution in [1.29, 1.82) is 0 Å². The fourth-order valence-electron chi connectivity index (χ4n) is 5.01. The van der Waals surface area contributed by atoms with Crippen molar-refractivity contribution in [2.24, 2.45) is 0 Å². The Balaban J connectivity index is 1.34. The number of benzene rings is 5. The molecule has 0 bridgehead atoms. The number of hydrogen-bond donors (Lipinski definition) is 0. The first-order valence-electron chi connectivity index (χ1n) is 15.5. The topological polar surface area (TPSA) is 35.0 Å². The summed E-state index contributed by atoms with van der Waals surface area (Å²) in [6.07, 6.45) is 10.6. The highest BCUT2D eigenvalue weighted by Gasteiger charge is 2.14. The van der Waals surface area contributed by atoms with E-state index in [2.05, 4.69) is 134 Å². The van der Waals surface area contributed by atoms with Crippen LogP contribution in [0.5, 0.6) is 5.75 Å². The second-order valence-electron chi connectivity index (χ2n) is 10.9. The first kappa shape index (κ1) is 29.5. The van der Waals surface area contributed by atoms with Crippen LogP contribution in [0.4, 0.5) is 0 Å². The van der Waals surface area contributed by atoms with Crippen LogP contribution < -0.4 is 4.74 Å². The minimum atomic E-state index is 0.649. The maximum absolute atomic E-state index is 6.19. The highest BCUT2D eigenvalue weighted by Crippen LogP contribution is 2.32. The maximum atomic E-state index is 6.19. The van der Waals surface area contributed by atoms with E-state index in [4.69, 9.17) is 14.7 Å². The van der Waals surface area contributed by atoms with E-state index in [0.29, 0.717) is 12.4 Å². The van der Waals surface area contributed by atoms with Crippen molar-refractivity contribution in [3.05, 3.63) is 162 Å². The molecule has 0 saturated heterocycles. The first-order valence-corrected chi connectivity index (χ1v) is 15.5. The number of ether oxygens (including phenoxy) is 1. The Labute approximate surface area is 266 Å². The number of hydrogen-bond acceptors (Lipinski definition) is 3. The van der Waals surface area contributed by atoms with E-state index >= 15 is 0 Å². The monoisotopic (exact) mass is 584 g/mol. The third kappa shape index (κ3) is 7.90. The molecule has 0 aliphatic carbocycles. The predicted octanol–water partition coefficient (Wildman–Crippen LogP) is 11.0. The molecule has 0 amide bonds. The maximum Gasteiger partial charge on any atom is 0.164 e. The van der Waals surface area contributed by atoms with Gasteiger partial charge in [-0.25, -0.2) is 9.97 Å². The lowest BCUT2D eigenvalue weighted by atomic mass is 10.0. The van der Waals surface area contributed by atoms with Crippen molar-refractivity contribution in [3.8, 4) is 39.7 Å². The Morgan fingerprint density at radius 1 is 0.511 bits per heavy atom. The van der Waals surface area contributed by atoms with Crippen LogP contribution in [-0.4, -0.2) is 16.6 Å². The van der Waals surface area contributed by atoms with Crippen molar-refractivity contribution >= 4 is 24.3 Å². The number of para-hydroxylation sites is 1. The summed E-state index contributed by atoms with van der Waals surface area (Å²) in [4.78, 5) is 10.1. The molecule has 220 valence electrons. The van der Waals surface area contributed by atoms with Gasteiger partial charge in [0.1, 0.15) is 5.75 Å². The summed E-state index contributed by atoms with van der Waals surface area (Å²) in [5, 5.41) is 0. The fourth-order valence-corrected chi connectivity index (χ4v) is 5.01. The van der Waals surface area contributed by atoms with E-state index in [1.807, 2.05) is 36.4 Å².